The zero-order valence-corrected chi connectivity index (χ0v) is 13.8. The van der Waals surface area contributed by atoms with Crippen molar-refractivity contribution in [1.29, 1.82) is 0 Å². The molecule has 0 radical (unpaired) electrons. The van der Waals surface area contributed by atoms with Gasteiger partial charge in [0.05, 0.1) is 12.2 Å². The zero-order valence-electron chi connectivity index (χ0n) is 13.8. The Kier molecular flexibility index (Phi) is 3.30. The van der Waals surface area contributed by atoms with Gasteiger partial charge in [0.2, 0.25) is 0 Å². The van der Waals surface area contributed by atoms with E-state index in [4.69, 9.17) is 0 Å². The summed E-state index contributed by atoms with van der Waals surface area (Å²) in [5.41, 5.74) is 1.12. The molecule has 0 aromatic rings. The second kappa shape index (κ2) is 4.80. The van der Waals surface area contributed by atoms with Gasteiger partial charge in [-0.2, -0.15) is 0 Å². The highest BCUT2D eigenvalue weighted by Crippen LogP contribution is 2.65. The Balaban J connectivity index is 1.71. The summed E-state index contributed by atoms with van der Waals surface area (Å²) in [6.07, 6.45) is 6.80. The summed E-state index contributed by atoms with van der Waals surface area (Å²) >= 11 is 0. The molecule has 0 bridgehead atoms. The minimum Gasteiger partial charge on any atom is -0.390 e. The molecular weight excluding hydrogens is 279 g/mol. The van der Waals surface area contributed by atoms with Crippen molar-refractivity contribution in [2.24, 2.45) is 28.6 Å². The number of hydrogen-bond acceptors (Lipinski definition) is 2. The molecular formula is C19H29FO2. The first-order valence-corrected chi connectivity index (χ1v) is 9.08. The average molecular weight is 308 g/mol. The summed E-state index contributed by atoms with van der Waals surface area (Å²) in [5, 5.41) is 20.8. The van der Waals surface area contributed by atoms with E-state index in [9.17, 15) is 14.6 Å². The fraction of sp³-hybridized carbons (Fsp3) is 0.895. The van der Waals surface area contributed by atoms with Crippen LogP contribution < -0.4 is 0 Å². The average Bonchev–Trinajstić information content (AvgIpc) is 2.71. The fourth-order valence-corrected chi connectivity index (χ4v) is 6.73. The van der Waals surface area contributed by atoms with E-state index in [0.29, 0.717) is 24.2 Å². The number of aliphatic hydroxyl groups is 2. The smallest absolute Gasteiger partial charge is 0.127 e. The molecule has 8 atom stereocenters. The molecule has 3 fully saturated rings. The van der Waals surface area contributed by atoms with E-state index in [1.165, 1.54) is 5.57 Å². The molecule has 0 aromatic carbocycles. The van der Waals surface area contributed by atoms with Crippen LogP contribution in [0.1, 0.15) is 58.8 Å². The predicted octanol–water partition coefficient (Wildman–Crippen LogP) is 3.62. The monoisotopic (exact) mass is 308 g/mol. The summed E-state index contributed by atoms with van der Waals surface area (Å²) in [6, 6.07) is 0. The lowest BCUT2D eigenvalue weighted by Crippen LogP contribution is -2.52. The van der Waals surface area contributed by atoms with E-state index < -0.39 is 12.3 Å². The molecule has 0 heterocycles. The molecule has 0 saturated heterocycles. The quantitative estimate of drug-likeness (QED) is 0.671. The maximum atomic E-state index is 14.2. The number of halogens is 1. The molecule has 0 unspecified atom stereocenters. The Bertz CT molecular complexity index is 504. The Morgan fingerprint density at radius 2 is 1.91 bits per heavy atom. The van der Waals surface area contributed by atoms with Gasteiger partial charge in [0, 0.05) is 0 Å². The molecule has 3 heteroatoms. The summed E-state index contributed by atoms with van der Waals surface area (Å²) in [5.74, 6) is 1.33. The zero-order chi connectivity index (χ0) is 15.7. The van der Waals surface area contributed by atoms with Crippen LogP contribution in [-0.4, -0.2) is 28.6 Å². The van der Waals surface area contributed by atoms with Crippen molar-refractivity contribution in [2.75, 3.05) is 0 Å². The first kappa shape index (κ1) is 15.1. The molecule has 2 N–H and O–H groups in total. The van der Waals surface area contributed by atoms with Gasteiger partial charge in [-0.3, -0.25) is 0 Å². The highest BCUT2D eigenvalue weighted by molar-refractivity contribution is 5.27. The fourth-order valence-electron chi connectivity index (χ4n) is 6.73. The van der Waals surface area contributed by atoms with Crippen molar-refractivity contribution in [1.82, 2.24) is 0 Å². The first-order valence-electron chi connectivity index (χ1n) is 9.08. The topological polar surface area (TPSA) is 40.5 Å². The lowest BCUT2D eigenvalue weighted by Gasteiger charge is -2.57. The number of hydrogen-bond donors (Lipinski definition) is 2. The van der Waals surface area contributed by atoms with Gasteiger partial charge < -0.3 is 10.2 Å². The van der Waals surface area contributed by atoms with Crippen LogP contribution in [0, 0.1) is 28.6 Å². The van der Waals surface area contributed by atoms with Gasteiger partial charge in [0.1, 0.15) is 6.17 Å². The molecule has 0 aromatic heterocycles. The van der Waals surface area contributed by atoms with Crippen LogP contribution in [0.25, 0.3) is 0 Å². The van der Waals surface area contributed by atoms with Crippen molar-refractivity contribution >= 4 is 0 Å². The van der Waals surface area contributed by atoms with Crippen LogP contribution in [0.3, 0.4) is 0 Å². The van der Waals surface area contributed by atoms with Crippen molar-refractivity contribution in [3.05, 3.63) is 11.6 Å². The SMILES string of the molecule is C[C@]12CC[C@H]3[C@@H](CC=C4[C@@H](O)CCC[C@@]43C)[C@@H]1C[C@@H](F)[C@@H]2O. The van der Waals surface area contributed by atoms with E-state index >= 15 is 0 Å². The third-order valence-corrected chi connectivity index (χ3v) is 7.99. The molecule has 4 rings (SSSR count). The van der Waals surface area contributed by atoms with Crippen LogP contribution in [0.15, 0.2) is 11.6 Å². The van der Waals surface area contributed by atoms with Crippen molar-refractivity contribution < 1.29 is 14.6 Å². The Labute approximate surface area is 132 Å². The summed E-state index contributed by atoms with van der Waals surface area (Å²) in [7, 11) is 0. The van der Waals surface area contributed by atoms with Crippen molar-refractivity contribution in [3.8, 4) is 0 Å². The molecule has 4 aliphatic carbocycles. The van der Waals surface area contributed by atoms with Gasteiger partial charge in [0.25, 0.3) is 0 Å². The Hall–Kier alpha value is -0.410. The molecule has 0 aliphatic heterocycles. The minimum absolute atomic E-state index is 0.0985. The maximum Gasteiger partial charge on any atom is 0.127 e. The van der Waals surface area contributed by atoms with E-state index in [-0.39, 0.29) is 16.9 Å². The van der Waals surface area contributed by atoms with Gasteiger partial charge in [0.15, 0.2) is 0 Å². The van der Waals surface area contributed by atoms with E-state index in [0.717, 1.165) is 38.5 Å². The lowest BCUT2D eigenvalue weighted by molar-refractivity contribution is -0.0776. The third kappa shape index (κ3) is 1.78. The van der Waals surface area contributed by atoms with Gasteiger partial charge >= 0.3 is 0 Å². The lowest BCUT2D eigenvalue weighted by atomic mass is 9.48. The second-order valence-electron chi connectivity index (χ2n) is 8.84. The number of alkyl halides is 1. The molecule has 0 amide bonds. The molecule has 22 heavy (non-hydrogen) atoms. The largest absolute Gasteiger partial charge is 0.390 e. The Morgan fingerprint density at radius 3 is 2.68 bits per heavy atom. The van der Waals surface area contributed by atoms with Crippen LogP contribution in [0.5, 0.6) is 0 Å². The van der Waals surface area contributed by atoms with Gasteiger partial charge in [-0.1, -0.05) is 19.9 Å². The molecule has 124 valence electrons. The van der Waals surface area contributed by atoms with Gasteiger partial charge in [-0.15, -0.1) is 0 Å². The van der Waals surface area contributed by atoms with Crippen molar-refractivity contribution in [3.63, 3.8) is 0 Å². The number of allylic oxidation sites excluding steroid dienone is 1. The first-order chi connectivity index (χ1) is 10.4. The van der Waals surface area contributed by atoms with E-state index in [2.05, 4.69) is 19.9 Å². The third-order valence-electron chi connectivity index (χ3n) is 7.99. The van der Waals surface area contributed by atoms with Crippen LogP contribution >= 0.6 is 0 Å². The molecule has 2 nitrogen and oxygen atoms in total. The number of fused-ring (bicyclic) bond motifs is 5. The molecule has 3 saturated carbocycles. The van der Waals surface area contributed by atoms with Gasteiger partial charge in [-0.05, 0) is 79.1 Å². The Morgan fingerprint density at radius 1 is 1.14 bits per heavy atom. The normalized spacial score (nSPS) is 57.6. The molecule has 0 spiro atoms. The minimum atomic E-state index is -1.05. The second-order valence-corrected chi connectivity index (χ2v) is 8.84. The highest BCUT2D eigenvalue weighted by atomic mass is 19.1. The summed E-state index contributed by atoms with van der Waals surface area (Å²) in [6.45, 7) is 4.44. The maximum absolute atomic E-state index is 14.2. The summed E-state index contributed by atoms with van der Waals surface area (Å²) < 4.78 is 14.2. The summed E-state index contributed by atoms with van der Waals surface area (Å²) in [4.78, 5) is 0. The number of rotatable bonds is 0. The van der Waals surface area contributed by atoms with Crippen molar-refractivity contribution in [2.45, 2.75) is 77.2 Å². The van der Waals surface area contributed by atoms with E-state index in [1.807, 2.05) is 0 Å². The van der Waals surface area contributed by atoms with E-state index in [1.54, 1.807) is 0 Å². The predicted molar refractivity (Wildman–Crippen MR) is 84.0 cm³/mol. The van der Waals surface area contributed by atoms with Crippen LogP contribution in [0.4, 0.5) is 4.39 Å². The highest BCUT2D eigenvalue weighted by Gasteiger charge is 2.61. The molecule has 4 aliphatic rings. The van der Waals surface area contributed by atoms with Crippen LogP contribution in [-0.2, 0) is 0 Å². The number of aliphatic hydroxyl groups excluding tert-OH is 2. The van der Waals surface area contributed by atoms with Gasteiger partial charge in [-0.25, -0.2) is 4.39 Å². The van der Waals surface area contributed by atoms with Crippen LogP contribution in [0.2, 0.25) is 0 Å². The standard InChI is InChI=1S/C19H29FO2/c1-18-8-3-4-16(21)13(18)6-5-11-12(18)7-9-19(2)14(11)10-15(20)17(19)22/h6,11-12,14-17,21-22H,3-5,7-10H2,1-2H3/t11-,12+,14+,15-,16+,17+,18-,19+/m1/s1.